The van der Waals surface area contributed by atoms with Crippen LogP contribution < -0.4 is 11.3 Å². The predicted octanol–water partition coefficient (Wildman–Crippen LogP) is 3.78. The highest BCUT2D eigenvalue weighted by molar-refractivity contribution is 5.34. The molecule has 0 aromatic heterocycles. The normalized spacial score (nSPS) is 20.0. The second kappa shape index (κ2) is 5.41. The van der Waals surface area contributed by atoms with Crippen molar-refractivity contribution in [1.82, 2.24) is 5.43 Å². The highest BCUT2D eigenvalue weighted by Gasteiger charge is 2.40. The van der Waals surface area contributed by atoms with E-state index < -0.39 is 0 Å². The zero-order valence-corrected chi connectivity index (χ0v) is 11.9. The fourth-order valence-corrected chi connectivity index (χ4v) is 3.59. The van der Waals surface area contributed by atoms with Crippen LogP contribution in [0.2, 0.25) is 0 Å². The Morgan fingerprint density at radius 1 is 1.28 bits per heavy atom. The lowest BCUT2D eigenvalue weighted by Crippen LogP contribution is -2.40. The van der Waals surface area contributed by atoms with E-state index in [2.05, 4.69) is 44.4 Å². The van der Waals surface area contributed by atoms with E-state index in [1.165, 1.54) is 48.8 Å². The molecule has 1 aliphatic rings. The van der Waals surface area contributed by atoms with E-state index in [9.17, 15) is 0 Å². The molecule has 0 heterocycles. The minimum Gasteiger partial charge on any atom is -0.271 e. The van der Waals surface area contributed by atoms with E-state index >= 15 is 0 Å². The van der Waals surface area contributed by atoms with Crippen molar-refractivity contribution < 1.29 is 0 Å². The monoisotopic (exact) mass is 246 g/mol. The summed E-state index contributed by atoms with van der Waals surface area (Å²) in [5, 5.41) is 0. The summed E-state index contributed by atoms with van der Waals surface area (Å²) in [6.07, 6.45) is 6.49. The number of nitrogens with two attached hydrogens (primary N) is 1. The third kappa shape index (κ3) is 2.32. The summed E-state index contributed by atoms with van der Waals surface area (Å²) in [6, 6.07) is 6.99. The third-order valence-corrected chi connectivity index (χ3v) is 4.83. The van der Waals surface area contributed by atoms with Crippen molar-refractivity contribution in [1.29, 1.82) is 0 Å². The number of hydrogen-bond acceptors (Lipinski definition) is 2. The number of rotatable bonds is 4. The van der Waals surface area contributed by atoms with Crippen LogP contribution in [0.3, 0.4) is 0 Å². The molecule has 1 unspecified atom stereocenters. The Kier molecular flexibility index (Phi) is 4.08. The Balaban J connectivity index is 2.40. The summed E-state index contributed by atoms with van der Waals surface area (Å²) >= 11 is 0. The molecule has 1 atom stereocenters. The van der Waals surface area contributed by atoms with Gasteiger partial charge in [-0.25, -0.2) is 0 Å². The van der Waals surface area contributed by atoms with E-state index in [4.69, 9.17) is 5.84 Å². The van der Waals surface area contributed by atoms with Gasteiger partial charge in [0, 0.05) is 0 Å². The maximum atomic E-state index is 5.91. The molecular formula is C16H26N2. The lowest BCUT2D eigenvalue weighted by atomic mass is 9.72. The summed E-state index contributed by atoms with van der Waals surface area (Å²) < 4.78 is 0. The summed E-state index contributed by atoms with van der Waals surface area (Å²) in [5.41, 5.74) is 7.53. The fourth-order valence-electron chi connectivity index (χ4n) is 3.59. The second-order valence-electron chi connectivity index (χ2n) is 5.88. The van der Waals surface area contributed by atoms with E-state index in [1.54, 1.807) is 0 Å². The summed E-state index contributed by atoms with van der Waals surface area (Å²) in [7, 11) is 0. The van der Waals surface area contributed by atoms with Gasteiger partial charge in [-0.2, -0.15) is 0 Å². The van der Waals surface area contributed by atoms with Crippen LogP contribution in [0, 0.1) is 19.3 Å². The Bertz CT molecular complexity index is 406. The Morgan fingerprint density at radius 3 is 2.50 bits per heavy atom. The predicted molar refractivity (Wildman–Crippen MR) is 77.2 cm³/mol. The van der Waals surface area contributed by atoms with Crippen LogP contribution in [0.1, 0.15) is 61.8 Å². The van der Waals surface area contributed by atoms with Crippen LogP contribution in [-0.4, -0.2) is 0 Å². The van der Waals surface area contributed by atoms with Gasteiger partial charge in [0.05, 0.1) is 6.04 Å². The van der Waals surface area contributed by atoms with Crippen LogP contribution >= 0.6 is 0 Å². The van der Waals surface area contributed by atoms with Gasteiger partial charge in [0.1, 0.15) is 0 Å². The first-order valence-electron chi connectivity index (χ1n) is 7.16. The lowest BCUT2D eigenvalue weighted by Gasteiger charge is -2.37. The number of aryl methyl sites for hydroxylation is 2. The summed E-state index contributed by atoms with van der Waals surface area (Å²) in [5.74, 6) is 5.91. The average Bonchev–Trinajstić information content (AvgIpc) is 2.84. The first-order valence-corrected chi connectivity index (χ1v) is 7.16. The fraction of sp³-hybridized carbons (Fsp3) is 0.625. The van der Waals surface area contributed by atoms with Crippen molar-refractivity contribution in [2.75, 3.05) is 0 Å². The van der Waals surface area contributed by atoms with Crippen molar-refractivity contribution in [2.45, 2.75) is 58.9 Å². The quantitative estimate of drug-likeness (QED) is 0.627. The molecular weight excluding hydrogens is 220 g/mol. The van der Waals surface area contributed by atoms with Crippen molar-refractivity contribution in [3.63, 3.8) is 0 Å². The third-order valence-electron chi connectivity index (χ3n) is 4.83. The molecule has 1 aromatic rings. The molecule has 1 saturated carbocycles. The van der Waals surface area contributed by atoms with Crippen molar-refractivity contribution in [3.05, 3.63) is 34.9 Å². The Labute approximate surface area is 111 Å². The SMILES string of the molecule is CCC1(C(NN)c2cc(C)ccc2C)CCCC1. The van der Waals surface area contributed by atoms with Crippen LogP contribution in [0.15, 0.2) is 18.2 Å². The van der Waals surface area contributed by atoms with Gasteiger partial charge in [0.15, 0.2) is 0 Å². The van der Waals surface area contributed by atoms with Gasteiger partial charge in [-0.3, -0.25) is 11.3 Å². The van der Waals surface area contributed by atoms with Crippen LogP contribution in [0.4, 0.5) is 0 Å². The molecule has 0 radical (unpaired) electrons. The molecule has 2 rings (SSSR count). The molecule has 2 heteroatoms. The number of benzene rings is 1. The topological polar surface area (TPSA) is 38.0 Å². The molecule has 0 spiro atoms. The molecule has 0 amide bonds. The largest absolute Gasteiger partial charge is 0.271 e. The number of hydrogen-bond donors (Lipinski definition) is 2. The molecule has 0 aliphatic heterocycles. The Morgan fingerprint density at radius 2 is 1.94 bits per heavy atom. The maximum absolute atomic E-state index is 5.91. The summed E-state index contributed by atoms with van der Waals surface area (Å²) in [6.45, 7) is 6.65. The summed E-state index contributed by atoms with van der Waals surface area (Å²) in [4.78, 5) is 0. The number of nitrogens with one attached hydrogen (secondary N) is 1. The first kappa shape index (κ1) is 13.6. The highest BCUT2D eigenvalue weighted by Crippen LogP contribution is 2.50. The molecule has 2 nitrogen and oxygen atoms in total. The molecule has 1 fully saturated rings. The van der Waals surface area contributed by atoms with E-state index in [0.717, 1.165) is 0 Å². The zero-order valence-electron chi connectivity index (χ0n) is 11.9. The zero-order chi connectivity index (χ0) is 13.2. The first-order chi connectivity index (χ1) is 8.63. The number of hydrazine groups is 1. The van der Waals surface area contributed by atoms with Gasteiger partial charge < -0.3 is 0 Å². The Hall–Kier alpha value is -0.860. The average molecular weight is 246 g/mol. The van der Waals surface area contributed by atoms with Gasteiger partial charge >= 0.3 is 0 Å². The van der Waals surface area contributed by atoms with Crippen molar-refractivity contribution >= 4 is 0 Å². The molecule has 1 aromatic carbocycles. The van der Waals surface area contributed by atoms with Crippen molar-refractivity contribution in [2.24, 2.45) is 11.3 Å². The molecule has 100 valence electrons. The molecule has 0 bridgehead atoms. The molecule has 0 saturated heterocycles. The highest BCUT2D eigenvalue weighted by atomic mass is 15.2. The molecule has 1 aliphatic carbocycles. The van der Waals surface area contributed by atoms with Gasteiger partial charge in [0.25, 0.3) is 0 Å². The van der Waals surface area contributed by atoms with Gasteiger partial charge in [0.2, 0.25) is 0 Å². The van der Waals surface area contributed by atoms with E-state index in [0.29, 0.717) is 11.5 Å². The van der Waals surface area contributed by atoms with Gasteiger partial charge in [-0.05, 0) is 49.7 Å². The van der Waals surface area contributed by atoms with Crippen LogP contribution in [-0.2, 0) is 0 Å². The minimum atomic E-state index is 0.296. The lowest BCUT2D eigenvalue weighted by molar-refractivity contribution is 0.187. The second-order valence-corrected chi connectivity index (χ2v) is 5.88. The standard InChI is InChI=1S/C16H26N2/c1-4-16(9-5-6-10-16)15(18-17)14-11-12(2)7-8-13(14)3/h7-8,11,15,18H,4-6,9-10,17H2,1-3H3. The van der Waals surface area contributed by atoms with Crippen LogP contribution in [0.5, 0.6) is 0 Å². The molecule has 3 N–H and O–H groups in total. The van der Waals surface area contributed by atoms with Gasteiger partial charge in [-0.15, -0.1) is 0 Å². The van der Waals surface area contributed by atoms with E-state index in [-0.39, 0.29) is 0 Å². The smallest absolute Gasteiger partial charge is 0.0518 e. The maximum Gasteiger partial charge on any atom is 0.0518 e. The van der Waals surface area contributed by atoms with Crippen LogP contribution in [0.25, 0.3) is 0 Å². The van der Waals surface area contributed by atoms with Gasteiger partial charge in [-0.1, -0.05) is 43.5 Å². The molecule has 18 heavy (non-hydrogen) atoms. The minimum absolute atomic E-state index is 0.296. The van der Waals surface area contributed by atoms with E-state index in [1.807, 2.05) is 0 Å². The van der Waals surface area contributed by atoms with Crippen molar-refractivity contribution in [3.8, 4) is 0 Å².